The summed E-state index contributed by atoms with van der Waals surface area (Å²) in [5, 5.41) is 10.3. The van der Waals surface area contributed by atoms with Crippen LogP contribution in [0.4, 0.5) is 0 Å². The van der Waals surface area contributed by atoms with Crippen molar-refractivity contribution in [2.75, 3.05) is 0 Å². The van der Waals surface area contributed by atoms with Crippen LogP contribution in [-0.2, 0) is 4.79 Å². The highest BCUT2D eigenvalue weighted by Gasteiger charge is 2.58. The van der Waals surface area contributed by atoms with Crippen LogP contribution < -0.4 is 0 Å². The first kappa shape index (κ1) is 23.6. The number of carbonyl (C=O) groups excluding carboxylic acids is 1. The maximum absolute atomic E-state index is 14.0. The molecule has 1 N–H and O–H groups in total. The number of carboxylic acids is 1. The molecule has 0 aliphatic heterocycles. The first-order chi connectivity index (χ1) is 13.7. The third-order valence-corrected chi connectivity index (χ3v) is 7.35. The summed E-state index contributed by atoms with van der Waals surface area (Å²) in [7, 11) is 0. The first-order valence-corrected chi connectivity index (χ1v) is 11.6. The monoisotopic (exact) mass is 400 g/mol. The minimum Gasteiger partial charge on any atom is -0.481 e. The summed E-state index contributed by atoms with van der Waals surface area (Å²) in [5.41, 5.74) is 2.07. The van der Waals surface area contributed by atoms with E-state index in [0.29, 0.717) is 19.3 Å². The summed E-state index contributed by atoms with van der Waals surface area (Å²) in [6, 6.07) is 4.10. The lowest BCUT2D eigenvalue weighted by Crippen LogP contribution is -2.49. The Labute approximate surface area is 177 Å². The molecule has 1 aromatic rings. The molecule has 1 aliphatic carbocycles. The number of carbonyl (C=O) groups is 2. The normalized spacial score (nSPS) is 17.8. The molecule has 0 amide bonds. The highest BCUT2D eigenvalue weighted by Crippen LogP contribution is 2.56. The Morgan fingerprint density at radius 1 is 0.966 bits per heavy atom. The van der Waals surface area contributed by atoms with Gasteiger partial charge in [-0.2, -0.15) is 0 Å². The number of carboxylic acid groups (broad SMARTS) is 1. The molecule has 1 aliphatic rings. The summed E-state index contributed by atoms with van der Waals surface area (Å²) in [5.74, 6) is -0.732. The van der Waals surface area contributed by atoms with Gasteiger partial charge >= 0.3 is 5.97 Å². The van der Waals surface area contributed by atoms with E-state index in [1.54, 1.807) is 0 Å². The lowest BCUT2D eigenvalue weighted by atomic mass is 9.57. The van der Waals surface area contributed by atoms with Crippen LogP contribution in [0.5, 0.6) is 0 Å². The van der Waals surface area contributed by atoms with E-state index >= 15 is 0 Å². The second-order valence-electron chi connectivity index (χ2n) is 9.55. The van der Waals surface area contributed by atoms with Gasteiger partial charge in [-0.25, -0.2) is 0 Å². The predicted octanol–water partition coefficient (Wildman–Crippen LogP) is 7.20. The number of rotatable bonds is 11. The molecule has 3 nitrogen and oxygen atoms in total. The van der Waals surface area contributed by atoms with Crippen LogP contribution in [0, 0.1) is 31.6 Å². The summed E-state index contributed by atoms with van der Waals surface area (Å²) in [6.07, 6.45) is 10.6. The number of unbranched alkanes of at least 4 members (excludes halogenated alkanes) is 5. The third-order valence-electron chi connectivity index (χ3n) is 7.35. The van der Waals surface area contributed by atoms with Crippen LogP contribution in [0.25, 0.3) is 0 Å². The van der Waals surface area contributed by atoms with Crippen molar-refractivity contribution >= 4 is 11.8 Å². The van der Waals surface area contributed by atoms with Crippen LogP contribution in [0.1, 0.15) is 112 Å². The fraction of sp³-hybridized carbons (Fsp3) is 0.692. The Hall–Kier alpha value is -1.64. The lowest BCUT2D eigenvalue weighted by Gasteiger charge is -2.43. The van der Waals surface area contributed by atoms with Gasteiger partial charge in [-0.05, 0) is 58.1 Å². The fourth-order valence-corrected chi connectivity index (χ4v) is 5.60. The number of Topliss-reactive ketones (excluding diaryl/α,β-unsaturated/α-hetero) is 1. The molecule has 162 valence electrons. The van der Waals surface area contributed by atoms with E-state index in [-0.39, 0.29) is 5.78 Å². The van der Waals surface area contributed by atoms with Gasteiger partial charge in [-0.15, -0.1) is 0 Å². The predicted molar refractivity (Wildman–Crippen MR) is 120 cm³/mol. The molecular formula is C26H40O3. The van der Waals surface area contributed by atoms with Crippen molar-refractivity contribution in [3.8, 4) is 0 Å². The van der Waals surface area contributed by atoms with Gasteiger partial charge in [0, 0.05) is 11.0 Å². The zero-order chi connectivity index (χ0) is 21.7. The van der Waals surface area contributed by atoms with E-state index in [4.69, 9.17) is 0 Å². The molecule has 0 radical (unpaired) electrons. The van der Waals surface area contributed by atoms with E-state index in [1.807, 2.05) is 27.7 Å². The van der Waals surface area contributed by atoms with Gasteiger partial charge in [-0.3, -0.25) is 9.59 Å². The highest BCUT2D eigenvalue weighted by molar-refractivity contribution is 6.06. The van der Waals surface area contributed by atoms with Gasteiger partial charge in [0.1, 0.15) is 0 Å². The van der Waals surface area contributed by atoms with Crippen molar-refractivity contribution in [1.29, 1.82) is 0 Å². The standard InChI is InChI=1S/C26H40O3/c1-6-7-8-9-10-11-14-25(5,24(28)29)26(15-12-13-16-26)23(27)22-20(3)17-19(2)18-21(22)4/h17-18H,6-16H2,1-5H3,(H,28,29). The summed E-state index contributed by atoms with van der Waals surface area (Å²) >= 11 is 0. The van der Waals surface area contributed by atoms with E-state index in [9.17, 15) is 14.7 Å². The molecule has 2 rings (SSSR count). The van der Waals surface area contributed by atoms with Crippen LogP contribution >= 0.6 is 0 Å². The minimum absolute atomic E-state index is 0.0703. The number of hydrogen-bond acceptors (Lipinski definition) is 2. The molecule has 0 heterocycles. The van der Waals surface area contributed by atoms with Gasteiger partial charge in [0.05, 0.1) is 5.41 Å². The summed E-state index contributed by atoms with van der Waals surface area (Å²) < 4.78 is 0. The molecule has 29 heavy (non-hydrogen) atoms. The van der Waals surface area contributed by atoms with Crippen LogP contribution in [0.3, 0.4) is 0 Å². The van der Waals surface area contributed by atoms with Gasteiger partial charge < -0.3 is 5.11 Å². The number of benzene rings is 1. The fourth-order valence-electron chi connectivity index (χ4n) is 5.60. The number of ketones is 1. The summed E-state index contributed by atoms with van der Waals surface area (Å²) in [6.45, 7) is 10.1. The largest absolute Gasteiger partial charge is 0.481 e. The van der Waals surface area contributed by atoms with Crippen LogP contribution in [0.2, 0.25) is 0 Å². The molecule has 0 bridgehead atoms. The zero-order valence-electron chi connectivity index (χ0n) is 19.2. The van der Waals surface area contributed by atoms with Crippen molar-refractivity contribution in [2.24, 2.45) is 10.8 Å². The van der Waals surface area contributed by atoms with Crippen molar-refractivity contribution in [3.05, 3.63) is 34.4 Å². The molecule has 1 fully saturated rings. The van der Waals surface area contributed by atoms with E-state index in [2.05, 4.69) is 19.1 Å². The van der Waals surface area contributed by atoms with Crippen molar-refractivity contribution in [2.45, 2.75) is 105 Å². The van der Waals surface area contributed by atoms with E-state index < -0.39 is 16.8 Å². The Bertz CT molecular complexity index is 704. The quantitative estimate of drug-likeness (QED) is 0.316. The number of aryl methyl sites for hydroxylation is 3. The van der Waals surface area contributed by atoms with Crippen LogP contribution in [0.15, 0.2) is 12.1 Å². The highest BCUT2D eigenvalue weighted by atomic mass is 16.4. The second kappa shape index (κ2) is 9.91. The van der Waals surface area contributed by atoms with E-state index in [0.717, 1.165) is 54.4 Å². The minimum atomic E-state index is -1.00. The van der Waals surface area contributed by atoms with Gasteiger partial charge in [-0.1, -0.05) is 76.0 Å². The SMILES string of the molecule is CCCCCCCCC(C)(C(=O)O)C1(C(=O)c2c(C)cc(C)cc2C)CCCC1. The Morgan fingerprint density at radius 3 is 2.00 bits per heavy atom. The van der Waals surface area contributed by atoms with Crippen LogP contribution in [-0.4, -0.2) is 16.9 Å². The molecule has 1 unspecified atom stereocenters. The Kier molecular flexibility index (Phi) is 8.08. The Balaban J connectivity index is 2.35. The third kappa shape index (κ3) is 4.75. The van der Waals surface area contributed by atoms with Gasteiger partial charge in [0.15, 0.2) is 5.78 Å². The van der Waals surface area contributed by atoms with Gasteiger partial charge in [0.25, 0.3) is 0 Å². The number of hydrogen-bond donors (Lipinski definition) is 1. The molecule has 1 saturated carbocycles. The molecule has 1 aromatic carbocycles. The topological polar surface area (TPSA) is 54.4 Å². The lowest BCUT2D eigenvalue weighted by molar-refractivity contribution is -0.155. The van der Waals surface area contributed by atoms with Crippen molar-refractivity contribution in [3.63, 3.8) is 0 Å². The smallest absolute Gasteiger partial charge is 0.310 e. The Morgan fingerprint density at radius 2 is 1.48 bits per heavy atom. The maximum atomic E-state index is 14.0. The van der Waals surface area contributed by atoms with E-state index in [1.165, 1.54) is 19.3 Å². The second-order valence-corrected chi connectivity index (χ2v) is 9.55. The average Bonchev–Trinajstić information content (AvgIpc) is 3.14. The zero-order valence-corrected chi connectivity index (χ0v) is 19.2. The molecule has 0 aromatic heterocycles. The van der Waals surface area contributed by atoms with Crippen molar-refractivity contribution in [1.82, 2.24) is 0 Å². The maximum Gasteiger partial charge on any atom is 0.310 e. The first-order valence-electron chi connectivity index (χ1n) is 11.6. The summed E-state index contributed by atoms with van der Waals surface area (Å²) in [4.78, 5) is 26.6. The molecule has 3 heteroatoms. The average molecular weight is 401 g/mol. The van der Waals surface area contributed by atoms with Crippen molar-refractivity contribution < 1.29 is 14.7 Å². The molecule has 0 saturated heterocycles. The molecule has 1 atom stereocenters. The van der Waals surface area contributed by atoms with Gasteiger partial charge in [0.2, 0.25) is 0 Å². The number of aliphatic carboxylic acids is 1. The molecule has 0 spiro atoms. The molecular weight excluding hydrogens is 360 g/mol.